The molecule has 1 aromatic rings. The first-order valence-electron chi connectivity index (χ1n) is 6.29. The second-order valence-electron chi connectivity index (χ2n) is 4.65. The van der Waals surface area contributed by atoms with Crippen molar-refractivity contribution in [2.24, 2.45) is 17.4 Å². The van der Waals surface area contributed by atoms with Crippen LogP contribution < -0.4 is 16.8 Å². The zero-order chi connectivity index (χ0) is 13.0. The summed E-state index contributed by atoms with van der Waals surface area (Å²) in [6.07, 6.45) is 7.54. The lowest BCUT2D eigenvalue weighted by molar-refractivity contribution is 0.0996. The fourth-order valence-corrected chi connectivity index (χ4v) is 2.48. The van der Waals surface area contributed by atoms with Gasteiger partial charge in [-0.05, 0) is 25.3 Å². The summed E-state index contributed by atoms with van der Waals surface area (Å²) in [5, 5.41) is 3.28. The molecule has 18 heavy (non-hydrogen) atoms. The van der Waals surface area contributed by atoms with Crippen molar-refractivity contribution in [3.05, 3.63) is 18.1 Å². The van der Waals surface area contributed by atoms with E-state index in [2.05, 4.69) is 15.3 Å². The Bertz CT molecular complexity index is 423. The van der Waals surface area contributed by atoms with E-state index in [1.54, 1.807) is 6.20 Å². The van der Waals surface area contributed by atoms with E-state index in [1.165, 1.54) is 19.0 Å². The molecule has 2 rings (SSSR count). The Morgan fingerprint density at radius 1 is 1.33 bits per heavy atom. The van der Waals surface area contributed by atoms with Gasteiger partial charge >= 0.3 is 0 Å². The molecule has 2 unspecified atom stereocenters. The van der Waals surface area contributed by atoms with Crippen LogP contribution >= 0.6 is 0 Å². The van der Waals surface area contributed by atoms with Gasteiger partial charge in [0.15, 0.2) is 11.5 Å². The standard InChI is InChI=1S/C12H19N5O/c13-7-8-3-1-2-4-9(8)17-12-10(11(14)18)15-5-6-16-12/h5-6,8-9H,1-4,7,13H2,(H2,14,18)(H,16,17). The van der Waals surface area contributed by atoms with Crippen molar-refractivity contribution in [3.8, 4) is 0 Å². The summed E-state index contributed by atoms with van der Waals surface area (Å²) in [5.74, 6) is 0.322. The zero-order valence-corrected chi connectivity index (χ0v) is 10.3. The molecule has 0 aromatic carbocycles. The molecular weight excluding hydrogens is 230 g/mol. The molecule has 0 bridgehead atoms. The van der Waals surface area contributed by atoms with E-state index in [1.807, 2.05) is 0 Å². The minimum Gasteiger partial charge on any atom is -0.365 e. The van der Waals surface area contributed by atoms with Crippen molar-refractivity contribution in [2.75, 3.05) is 11.9 Å². The van der Waals surface area contributed by atoms with E-state index in [0.717, 1.165) is 12.8 Å². The lowest BCUT2D eigenvalue weighted by Gasteiger charge is -2.31. The van der Waals surface area contributed by atoms with Crippen LogP contribution in [0.4, 0.5) is 5.82 Å². The highest BCUT2D eigenvalue weighted by atomic mass is 16.1. The summed E-state index contributed by atoms with van der Waals surface area (Å²) in [6.45, 7) is 0.643. The maximum absolute atomic E-state index is 11.3. The molecule has 0 radical (unpaired) electrons. The first kappa shape index (κ1) is 12.8. The average molecular weight is 249 g/mol. The molecule has 6 heteroatoms. The van der Waals surface area contributed by atoms with Crippen LogP contribution in [-0.2, 0) is 0 Å². The summed E-state index contributed by atoms with van der Waals surface area (Å²) in [4.78, 5) is 19.4. The Kier molecular flexibility index (Phi) is 4.09. The molecule has 0 aliphatic heterocycles. The van der Waals surface area contributed by atoms with Crippen molar-refractivity contribution in [2.45, 2.75) is 31.7 Å². The van der Waals surface area contributed by atoms with E-state index >= 15 is 0 Å². The molecule has 1 aliphatic carbocycles. The van der Waals surface area contributed by atoms with Crippen LogP contribution in [0.25, 0.3) is 0 Å². The summed E-state index contributed by atoms with van der Waals surface area (Å²) in [7, 11) is 0. The van der Waals surface area contributed by atoms with Gasteiger partial charge in [0.2, 0.25) is 0 Å². The maximum atomic E-state index is 11.3. The Balaban J connectivity index is 2.15. The van der Waals surface area contributed by atoms with E-state index in [0.29, 0.717) is 18.3 Å². The number of primary amides is 1. The molecule has 1 fully saturated rings. The van der Waals surface area contributed by atoms with Gasteiger partial charge in [-0.1, -0.05) is 12.8 Å². The SMILES string of the molecule is NCC1CCCCC1Nc1nccnc1C(N)=O. The van der Waals surface area contributed by atoms with E-state index in [-0.39, 0.29) is 11.7 Å². The summed E-state index contributed by atoms with van der Waals surface area (Å²) >= 11 is 0. The number of nitrogens with two attached hydrogens (primary N) is 2. The molecule has 1 aliphatic rings. The number of amides is 1. The van der Waals surface area contributed by atoms with E-state index < -0.39 is 5.91 Å². The van der Waals surface area contributed by atoms with Crippen molar-refractivity contribution in [1.29, 1.82) is 0 Å². The molecule has 1 saturated carbocycles. The van der Waals surface area contributed by atoms with Crippen molar-refractivity contribution >= 4 is 11.7 Å². The lowest BCUT2D eigenvalue weighted by atomic mass is 9.84. The fourth-order valence-electron chi connectivity index (χ4n) is 2.48. The topological polar surface area (TPSA) is 107 Å². The van der Waals surface area contributed by atoms with Crippen LogP contribution in [0.5, 0.6) is 0 Å². The minimum absolute atomic E-state index is 0.193. The Morgan fingerprint density at radius 2 is 2.06 bits per heavy atom. The Labute approximate surface area is 106 Å². The normalized spacial score (nSPS) is 23.6. The molecule has 2 atom stereocenters. The summed E-state index contributed by atoms with van der Waals surface area (Å²) in [6, 6.07) is 0.249. The fraction of sp³-hybridized carbons (Fsp3) is 0.583. The Morgan fingerprint density at radius 3 is 2.78 bits per heavy atom. The first-order chi connectivity index (χ1) is 8.72. The van der Waals surface area contributed by atoms with Gasteiger partial charge in [-0.3, -0.25) is 4.79 Å². The molecular formula is C12H19N5O. The highest BCUT2D eigenvalue weighted by Crippen LogP contribution is 2.26. The number of rotatable bonds is 4. The summed E-state index contributed by atoms with van der Waals surface area (Å²) < 4.78 is 0. The number of anilines is 1. The average Bonchev–Trinajstić information content (AvgIpc) is 2.40. The maximum Gasteiger partial charge on any atom is 0.271 e. The van der Waals surface area contributed by atoms with E-state index in [9.17, 15) is 4.79 Å². The monoisotopic (exact) mass is 249 g/mol. The zero-order valence-electron chi connectivity index (χ0n) is 10.3. The van der Waals surface area contributed by atoms with Crippen LogP contribution in [0, 0.1) is 5.92 Å². The van der Waals surface area contributed by atoms with E-state index in [4.69, 9.17) is 11.5 Å². The highest BCUT2D eigenvalue weighted by Gasteiger charge is 2.25. The molecule has 1 amide bonds. The smallest absolute Gasteiger partial charge is 0.271 e. The number of nitrogens with zero attached hydrogens (tertiary/aromatic N) is 2. The highest BCUT2D eigenvalue weighted by molar-refractivity contribution is 5.95. The van der Waals surface area contributed by atoms with Crippen LogP contribution in [0.1, 0.15) is 36.2 Å². The second kappa shape index (κ2) is 5.77. The predicted octanol–water partition coefficient (Wildman–Crippen LogP) is 0.505. The van der Waals surface area contributed by atoms with Crippen molar-refractivity contribution in [3.63, 3.8) is 0 Å². The molecule has 5 N–H and O–H groups in total. The van der Waals surface area contributed by atoms with Crippen LogP contribution in [0.3, 0.4) is 0 Å². The number of hydrogen-bond donors (Lipinski definition) is 3. The number of carbonyl (C=O) groups excluding carboxylic acids is 1. The quantitative estimate of drug-likeness (QED) is 0.720. The Hall–Kier alpha value is -1.69. The molecule has 0 saturated heterocycles. The first-order valence-corrected chi connectivity index (χ1v) is 6.29. The van der Waals surface area contributed by atoms with Gasteiger partial charge in [-0.15, -0.1) is 0 Å². The molecule has 1 aromatic heterocycles. The molecule has 6 nitrogen and oxygen atoms in total. The number of hydrogen-bond acceptors (Lipinski definition) is 5. The van der Waals surface area contributed by atoms with Crippen molar-refractivity contribution < 1.29 is 4.79 Å². The van der Waals surface area contributed by atoms with Gasteiger partial charge < -0.3 is 16.8 Å². The largest absolute Gasteiger partial charge is 0.365 e. The third-order valence-corrected chi connectivity index (χ3v) is 3.47. The van der Waals surface area contributed by atoms with Gasteiger partial charge in [0.25, 0.3) is 5.91 Å². The number of carbonyl (C=O) groups is 1. The third-order valence-electron chi connectivity index (χ3n) is 3.47. The van der Waals surface area contributed by atoms with Gasteiger partial charge in [0, 0.05) is 18.4 Å². The van der Waals surface area contributed by atoms with Crippen LogP contribution in [-0.4, -0.2) is 28.5 Å². The van der Waals surface area contributed by atoms with Gasteiger partial charge in [0.05, 0.1) is 0 Å². The van der Waals surface area contributed by atoms with Gasteiger partial charge in [0.1, 0.15) is 0 Å². The third kappa shape index (κ3) is 2.76. The van der Waals surface area contributed by atoms with Gasteiger partial charge in [-0.25, -0.2) is 9.97 Å². The second-order valence-corrected chi connectivity index (χ2v) is 4.65. The van der Waals surface area contributed by atoms with Crippen LogP contribution in [0.15, 0.2) is 12.4 Å². The van der Waals surface area contributed by atoms with Crippen molar-refractivity contribution in [1.82, 2.24) is 9.97 Å². The van der Waals surface area contributed by atoms with Crippen LogP contribution in [0.2, 0.25) is 0 Å². The van der Waals surface area contributed by atoms with Gasteiger partial charge in [-0.2, -0.15) is 0 Å². The molecule has 0 spiro atoms. The number of nitrogens with one attached hydrogen (secondary N) is 1. The number of aromatic nitrogens is 2. The molecule has 98 valence electrons. The molecule has 1 heterocycles. The predicted molar refractivity (Wildman–Crippen MR) is 69.0 cm³/mol. The summed E-state index contributed by atoms with van der Waals surface area (Å²) in [5.41, 5.74) is 11.3. The minimum atomic E-state index is -0.564. The lowest BCUT2D eigenvalue weighted by Crippen LogP contribution is -2.37.